The second-order valence-corrected chi connectivity index (χ2v) is 7.91. The Morgan fingerprint density at radius 1 is 1.13 bits per heavy atom. The van der Waals surface area contributed by atoms with Crippen molar-refractivity contribution >= 4 is 40.6 Å². The van der Waals surface area contributed by atoms with Crippen LogP contribution < -0.4 is 10.2 Å². The molecule has 1 atom stereocenters. The van der Waals surface area contributed by atoms with E-state index in [1.165, 1.54) is 6.07 Å². The Morgan fingerprint density at radius 2 is 1.90 bits per heavy atom. The standard InChI is InChI=1S/C20H21Cl2F3N4O/c1-13(19(30)27-17-5-4-15(21)11-16(17)22)28-7-2-8-29(10-9-28)18-6-3-14(12-26-18)20(23,24)25/h3-6,11-13H,2,7-10H2,1H3,(H,27,30). The van der Waals surface area contributed by atoms with Crippen LogP contribution in [0.25, 0.3) is 0 Å². The zero-order chi connectivity index (χ0) is 21.9. The van der Waals surface area contributed by atoms with Crippen molar-refractivity contribution in [3.05, 3.63) is 52.1 Å². The number of carbonyl (C=O) groups is 1. The van der Waals surface area contributed by atoms with Gasteiger partial charge in [-0.15, -0.1) is 0 Å². The molecule has 5 nitrogen and oxygen atoms in total. The molecule has 2 heterocycles. The number of halogens is 5. The van der Waals surface area contributed by atoms with E-state index in [4.69, 9.17) is 23.2 Å². The van der Waals surface area contributed by atoms with Crippen LogP contribution in [0.5, 0.6) is 0 Å². The number of hydrogen-bond donors (Lipinski definition) is 1. The predicted molar refractivity (Wildman–Crippen MR) is 112 cm³/mol. The number of nitrogens with zero attached hydrogens (tertiary/aromatic N) is 3. The number of aromatic nitrogens is 1. The molecule has 0 spiro atoms. The molecule has 162 valence electrons. The van der Waals surface area contributed by atoms with E-state index in [0.717, 1.165) is 18.7 Å². The van der Waals surface area contributed by atoms with Gasteiger partial charge in [0.2, 0.25) is 5.91 Å². The lowest BCUT2D eigenvalue weighted by Gasteiger charge is -2.27. The Bertz CT molecular complexity index is 893. The fourth-order valence-corrected chi connectivity index (χ4v) is 3.74. The smallest absolute Gasteiger partial charge is 0.355 e. The molecular formula is C20H21Cl2F3N4O. The molecule has 1 fully saturated rings. The number of carbonyl (C=O) groups excluding carboxylic acids is 1. The fourth-order valence-electron chi connectivity index (χ4n) is 3.29. The lowest BCUT2D eigenvalue weighted by Crippen LogP contribution is -2.44. The number of anilines is 2. The van der Waals surface area contributed by atoms with Gasteiger partial charge in [0.05, 0.1) is 22.3 Å². The van der Waals surface area contributed by atoms with E-state index in [1.54, 1.807) is 18.2 Å². The van der Waals surface area contributed by atoms with E-state index < -0.39 is 17.8 Å². The number of rotatable bonds is 4. The molecule has 10 heteroatoms. The third-order valence-electron chi connectivity index (χ3n) is 5.05. The van der Waals surface area contributed by atoms with Gasteiger partial charge in [-0.1, -0.05) is 23.2 Å². The molecule has 0 aliphatic carbocycles. The van der Waals surface area contributed by atoms with E-state index in [-0.39, 0.29) is 5.91 Å². The summed E-state index contributed by atoms with van der Waals surface area (Å²) in [7, 11) is 0. The van der Waals surface area contributed by atoms with E-state index >= 15 is 0 Å². The summed E-state index contributed by atoms with van der Waals surface area (Å²) in [6.07, 6.45) is -2.80. The highest BCUT2D eigenvalue weighted by atomic mass is 35.5. The van der Waals surface area contributed by atoms with Gasteiger partial charge in [0.1, 0.15) is 5.82 Å². The van der Waals surface area contributed by atoms with E-state index in [2.05, 4.69) is 10.3 Å². The van der Waals surface area contributed by atoms with Gasteiger partial charge in [-0.2, -0.15) is 13.2 Å². The van der Waals surface area contributed by atoms with Gasteiger partial charge < -0.3 is 10.2 Å². The van der Waals surface area contributed by atoms with Crippen molar-refractivity contribution < 1.29 is 18.0 Å². The van der Waals surface area contributed by atoms with Crippen molar-refractivity contribution in [1.29, 1.82) is 0 Å². The number of hydrogen-bond acceptors (Lipinski definition) is 4. The van der Waals surface area contributed by atoms with Crippen LogP contribution in [0, 0.1) is 0 Å². The fraction of sp³-hybridized carbons (Fsp3) is 0.400. The summed E-state index contributed by atoms with van der Waals surface area (Å²) in [6, 6.07) is 6.88. The van der Waals surface area contributed by atoms with Gasteiger partial charge in [-0.25, -0.2) is 4.98 Å². The molecule has 1 saturated heterocycles. The molecule has 1 aromatic carbocycles. The van der Waals surface area contributed by atoms with Crippen LogP contribution in [0.1, 0.15) is 18.9 Å². The van der Waals surface area contributed by atoms with Crippen molar-refractivity contribution in [2.45, 2.75) is 25.6 Å². The molecule has 1 amide bonds. The summed E-state index contributed by atoms with van der Waals surface area (Å²) in [5.74, 6) is 0.301. The average Bonchev–Trinajstić information content (AvgIpc) is 2.95. The second-order valence-electron chi connectivity index (χ2n) is 7.07. The molecule has 1 aliphatic rings. The third-order valence-corrected chi connectivity index (χ3v) is 5.59. The summed E-state index contributed by atoms with van der Waals surface area (Å²) >= 11 is 12.0. The summed E-state index contributed by atoms with van der Waals surface area (Å²) in [5.41, 5.74) is -0.280. The third kappa shape index (κ3) is 5.56. The molecule has 3 rings (SSSR count). The topological polar surface area (TPSA) is 48.5 Å². The highest BCUT2D eigenvalue weighted by molar-refractivity contribution is 6.36. The molecule has 1 N–H and O–H groups in total. The first kappa shape index (κ1) is 22.7. The SMILES string of the molecule is CC(C(=O)Nc1ccc(Cl)cc1Cl)N1CCCN(c2ccc(C(F)(F)F)cn2)CC1. The minimum Gasteiger partial charge on any atom is -0.355 e. The normalized spacial score (nSPS) is 16.8. The van der Waals surface area contributed by atoms with Crippen molar-refractivity contribution in [2.75, 3.05) is 36.4 Å². The minimum atomic E-state index is -4.41. The Labute approximate surface area is 182 Å². The highest BCUT2D eigenvalue weighted by Gasteiger charge is 2.31. The van der Waals surface area contributed by atoms with Crippen LogP contribution in [0.3, 0.4) is 0 Å². The Hall–Kier alpha value is -2.03. The maximum Gasteiger partial charge on any atom is 0.417 e. The Balaban J connectivity index is 1.60. The number of alkyl halides is 3. The monoisotopic (exact) mass is 460 g/mol. The Kier molecular flexibility index (Phi) is 7.10. The lowest BCUT2D eigenvalue weighted by atomic mass is 10.2. The van der Waals surface area contributed by atoms with Gasteiger partial charge >= 0.3 is 6.18 Å². The first-order chi connectivity index (χ1) is 14.1. The lowest BCUT2D eigenvalue weighted by molar-refractivity contribution is -0.137. The number of nitrogens with one attached hydrogen (secondary N) is 1. The molecule has 2 aromatic rings. The van der Waals surface area contributed by atoms with Gasteiger partial charge in [-0.05, 0) is 43.7 Å². The molecule has 0 bridgehead atoms. The first-order valence-electron chi connectivity index (χ1n) is 9.43. The van der Waals surface area contributed by atoms with Gasteiger partial charge in [-0.3, -0.25) is 9.69 Å². The van der Waals surface area contributed by atoms with Gasteiger partial charge in [0.25, 0.3) is 0 Å². The van der Waals surface area contributed by atoms with Gasteiger partial charge in [0, 0.05) is 37.4 Å². The molecule has 0 radical (unpaired) electrons. The van der Waals surface area contributed by atoms with Crippen LogP contribution in [0.15, 0.2) is 36.5 Å². The first-order valence-corrected chi connectivity index (χ1v) is 10.2. The van der Waals surface area contributed by atoms with Crippen LogP contribution in [0.4, 0.5) is 24.7 Å². The van der Waals surface area contributed by atoms with E-state index in [0.29, 0.717) is 47.7 Å². The summed E-state index contributed by atoms with van der Waals surface area (Å²) < 4.78 is 38.2. The van der Waals surface area contributed by atoms with Crippen LogP contribution >= 0.6 is 23.2 Å². The molecular weight excluding hydrogens is 440 g/mol. The maximum absolute atomic E-state index is 12.7. The van der Waals surface area contributed by atoms with Crippen LogP contribution in [-0.4, -0.2) is 48.0 Å². The maximum atomic E-state index is 12.7. The highest BCUT2D eigenvalue weighted by Crippen LogP contribution is 2.29. The van der Waals surface area contributed by atoms with Crippen LogP contribution in [0.2, 0.25) is 10.0 Å². The molecule has 0 saturated carbocycles. The average molecular weight is 461 g/mol. The predicted octanol–water partition coefficient (Wildman–Crippen LogP) is 4.95. The quantitative estimate of drug-likeness (QED) is 0.701. The number of pyridine rings is 1. The molecule has 1 aliphatic heterocycles. The van der Waals surface area contributed by atoms with E-state index in [1.807, 2.05) is 16.7 Å². The van der Waals surface area contributed by atoms with E-state index in [9.17, 15) is 18.0 Å². The van der Waals surface area contributed by atoms with Crippen molar-refractivity contribution in [2.24, 2.45) is 0 Å². The van der Waals surface area contributed by atoms with Gasteiger partial charge in [0.15, 0.2) is 0 Å². The summed E-state index contributed by atoms with van der Waals surface area (Å²) in [6.45, 7) is 4.26. The number of amides is 1. The van der Waals surface area contributed by atoms with Crippen molar-refractivity contribution in [3.8, 4) is 0 Å². The zero-order valence-electron chi connectivity index (χ0n) is 16.2. The molecule has 30 heavy (non-hydrogen) atoms. The summed E-state index contributed by atoms with van der Waals surface area (Å²) in [4.78, 5) is 20.6. The Morgan fingerprint density at radius 3 is 2.53 bits per heavy atom. The second kappa shape index (κ2) is 9.41. The van der Waals surface area contributed by atoms with Crippen molar-refractivity contribution in [1.82, 2.24) is 9.88 Å². The zero-order valence-corrected chi connectivity index (χ0v) is 17.7. The summed E-state index contributed by atoms with van der Waals surface area (Å²) in [5, 5.41) is 3.66. The number of benzene rings is 1. The molecule has 1 aromatic heterocycles. The van der Waals surface area contributed by atoms with Crippen LogP contribution in [-0.2, 0) is 11.0 Å². The minimum absolute atomic E-state index is 0.194. The van der Waals surface area contributed by atoms with Crippen molar-refractivity contribution in [3.63, 3.8) is 0 Å². The molecule has 1 unspecified atom stereocenters. The largest absolute Gasteiger partial charge is 0.417 e.